The van der Waals surface area contributed by atoms with E-state index in [1.165, 1.54) is 4.90 Å². The number of aliphatic carboxylic acids is 1. The van der Waals surface area contributed by atoms with Crippen LogP contribution in [-0.2, 0) is 4.79 Å². The first-order valence-electron chi connectivity index (χ1n) is 5.87. The summed E-state index contributed by atoms with van der Waals surface area (Å²) in [4.78, 5) is 24.1. The molecule has 2 amide bonds. The van der Waals surface area contributed by atoms with Gasteiger partial charge in [-0.15, -0.1) is 0 Å². The van der Waals surface area contributed by atoms with Crippen LogP contribution in [0.25, 0.3) is 0 Å². The molecule has 6 heteroatoms. The van der Waals surface area contributed by atoms with Crippen molar-refractivity contribution >= 4 is 33.6 Å². The molecule has 0 spiro atoms. The molecule has 0 unspecified atom stereocenters. The van der Waals surface area contributed by atoms with Gasteiger partial charge in [0.1, 0.15) is 6.54 Å². The Kier molecular flexibility index (Phi) is 5.35. The van der Waals surface area contributed by atoms with Crippen LogP contribution in [0.15, 0.2) is 22.7 Å². The molecular formula is C13H17BrN2O3. The molecule has 1 rings (SSSR count). The molecule has 1 aromatic rings. The highest BCUT2D eigenvalue weighted by atomic mass is 79.9. The summed E-state index contributed by atoms with van der Waals surface area (Å²) in [7, 11) is 0. The van der Waals surface area contributed by atoms with E-state index in [0.717, 1.165) is 10.0 Å². The van der Waals surface area contributed by atoms with Gasteiger partial charge in [-0.1, -0.05) is 6.07 Å². The molecule has 0 aliphatic carbocycles. The maximum Gasteiger partial charge on any atom is 0.323 e. The van der Waals surface area contributed by atoms with Gasteiger partial charge in [-0.3, -0.25) is 4.79 Å². The van der Waals surface area contributed by atoms with Crippen molar-refractivity contribution < 1.29 is 14.7 Å². The van der Waals surface area contributed by atoms with Crippen molar-refractivity contribution in [2.45, 2.75) is 26.8 Å². The average molecular weight is 329 g/mol. The number of hydrogen-bond donors (Lipinski definition) is 2. The van der Waals surface area contributed by atoms with Crippen molar-refractivity contribution in [1.29, 1.82) is 0 Å². The van der Waals surface area contributed by atoms with Gasteiger partial charge in [0.2, 0.25) is 0 Å². The third-order valence-electron chi connectivity index (χ3n) is 2.55. The van der Waals surface area contributed by atoms with E-state index in [9.17, 15) is 9.59 Å². The first-order valence-corrected chi connectivity index (χ1v) is 6.66. The molecule has 0 aliphatic rings. The summed E-state index contributed by atoms with van der Waals surface area (Å²) in [6.07, 6.45) is 0. The SMILES string of the molecule is Cc1ccc(Br)c(NC(=O)N(CC(=O)O)C(C)C)c1. The Morgan fingerprint density at radius 2 is 2.05 bits per heavy atom. The molecule has 0 saturated heterocycles. The Bertz CT molecular complexity index is 489. The smallest absolute Gasteiger partial charge is 0.323 e. The van der Waals surface area contributed by atoms with Gasteiger partial charge in [-0.25, -0.2) is 4.79 Å². The van der Waals surface area contributed by atoms with Crippen LogP contribution in [0.2, 0.25) is 0 Å². The molecule has 104 valence electrons. The lowest BCUT2D eigenvalue weighted by atomic mass is 10.2. The predicted molar refractivity (Wildman–Crippen MR) is 77.4 cm³/mol. The Hall–Kier alpha value is -1.56. The van der Waals surface area contributed by atoms with Crippen LogP contribution in [0.4, 0.5) is 10.5 Å². The standard InChI is InChI=1S/C13H17BrN2O3/c1-8(2)16(7-12(17)18)13(19)15-11-6-9(3)4-5-10(11)14/h4-6,8H,7H2,1-3H3,(H,15,19)(H,17,18). The van der Waals surface area contributed by atoms with Crippen LogP contribution in [0.1, 0.15) is 19.4 Å². The second-order valence-electron chi connectivity index (χ2n) is 4.53. The third kappa shape index (κ3) is 4.55. The normalized spacial score (nSPS) is 10.4. The quantitative estimate of drug-likeness (QED) is 0.892. The number of aryl methyl sites for hydroxylation is 1. The maximum absolute atomic E-state index is 12.1. The van der Waals surface area contributed by atoms with E-state index in [2.05, 4.69) is 21.2 Å². The molecule has 5 nitrogen and oxygen atoms in total. The highest BCUT2D eigenvalue weighted by Crippen LogP contribution is 2.23. The number of halogens is 1. The van der Waals surface area contributed by atoms with Gasteiger partial charge in [-0.2, -0.15) is 0 Å². The van der Waals surface area contributed by atoms with Crippen LogP contribution >= 0.6 is 15.9 Å². The zero-order valence-corrected chi connectivity index (χ0v) is 12.7. The molecule has 0 bridgehead atoms. The molecule has 0 atom stereocenters. The summed E-state index contributed by atoms with van der Waals surface area (Å²) >= 11 is 3.35. The number of carbonyl (C=O) groups is 2. The van der Waals surface area contributed by atoms with Crippen LogP contribution in [-0.4, -0.2) is 34.6 Å². The molecule has 2 N–H and O–H groups in total. The van der Waals surface area contributed by atoms with Gasteiger partial charge in [0.15, 0.2) is 0 Å². The van der Waals surface area contributed by atoms with Crippen molar-refractivity contribution in [2.24, 2.45) is 0 Å². The van der Waals surface area contributed by atoms with E-state index in [1.807, 2.05) is 25.1 Å². The van der Waals surface area contributed by atoms with E-state index in [0.29, 0.717) is 5.69 Å². The number of benzene rings is 1. The van der Waals surface area contributed by atoms with Gasteiger partial charge in [-0.05, 0) is 54.4 Å². The Morgan fingerprint density at radius 3 is 2.58 bits per heavy atom. The fraction of sp³-hybridized carbons (Fsp3) is 0.385. The number of amides is 2. The van der Waals surface area contributed by atoms with Crippen LogP contribution in [0.5, 0.6) is 0 Å². The Morgan fingerprint density at radius 1 is 1.42 bits per heavy atom. The van der Waals surface area contributed by atoms with E-state index in [1.54, 1.807) is 13.8 Å². The minimum atomic E-state index is -1.04. The fourth-order valence-corrected chi connectivity index (χ4v) is 1.90. The first kappa shape index (κ1) is 15.5. The summed E-state index contributed by atoms with van der Waals surface area (Å²) < 4.78 is 0.755. The molecule has 0 aromatic heterocycles. The number of carbonyl (C=O) groups excluding carboxylic acids is 1. The second-order valence-corrected chi connectivity index (χ2v) is 5.38. The van der Waals surface area contributed by atoms with E-state index < -0.39 is 12.0 Å². The molecule has 1 aromatic carbocycles. The number of urea groups is 1. The maximum atomic E-state index is 12.1. The Labute approximate surface area is 120 Å². The molecule has 19 heavy (non-hydrogen) atoms. The molecule has 0 aliphatic heterocycles. The number of nitrogens with one attached hydrogen (secondary N) is 1. The second kappa shape index (κ2) is 6.56. The lowest BCUT2D eigenvalue weighted by Crippen LogP contribution is -2.43. The zero-order chi connectivity index (χ0) is 14.6. The fourth-order valence-electron chi connectivity index (χ4n) is 1.56. The predicted octanol–water partition coefficient (Wildman–Crippen LogP) is 3.08. The van der Waals surface area contributed by atoms with Crippen LogP contribution in [0, 0.1) is 6.92 Å². The minimum absolute atomic E-state index is 0.195. The van der Waals surface area contributed by atoms with Gasteiger partial charge in [0.25, 0.3) is 0 Å². The summed E-state index contributed by atoms with van der Waals surface area (Å²) in [6, 6.07) is 4.95. The number of carboxylic acids is 1. The molecule has 0 fully saturated rings. The van der Waals surface area contributed by atoms with E-state index >= 15 is 0 Å². The first-order chi connectivity index (χ1) is 8.81. The number of anilines is 1. The number of carboxylic acid groups (broad SMARTS) is 1. The largest absolute Gasteiger partial charge is 0.480 e. The molecule has 0 saturated carbocycles. The summed E-state index contributed by atoms with van der Waals surface area (Å²) in [5.41, 5.74) is 1.63. The van der Waals surface area contributed by atoms with Crippen molar-refractivity contribution in [3.05, 3.63) is 28.2 Å². The highest BCUT2D eigenvalue weighted by molar-refractivity contribution is 9.10. The lowest BCUT2D eigenvalue weighted by molar-refractivity contribution is -0.137. The van der Waals surface area contributed by atoms with Crippen molar-refractivity contribution in [3.63, 3.8) is 0 Å². The van der Waals surface area contributed by atoms with E-state index in [-0.39, 0.29) is 12.6 Å². The third-order valence-corrected chi connectivity index (χ3v) is 3.24. The van der Waals surface area contributed by atoms with Crippen LogP contribution in [0.3, 0.4) is 0 Å². The van der Waals surface area contributed by atoms with Crippen molar-refractivity contribution in [2.75, 3.05) is 11.9 Å². The van der Waals surface area contributed by atoms with E-state index in [4.69, 9.17) is 5.11 Å². The molecule has 0 radical (unpaired) electrons. The van der Waals surface area contributed by atoms with Crippen molar-refractivity contribution in [1.82, 2.24) is 4.90 Å². The summed E-state index contributed by atoms with van der Waals surface area (Å²) in [6.45, 7) is 5.13. The van der Waals surface area contributed by atoms with Crippen molar-refractivity contribution in [3.8, 4) is 0 Å². The highest BCUT2D eigenvalue weighted by Gasteiger charge is 2.20. The van der Waals surface area contributed by atoms with Gasteiger partial charge < -0.3 is 15.3 Å². The topological polar surface area (TPSA) is 69.6 Å². The minimum Gasteiger partial charge on any atom is -0.480 e. The number of rotatable bonds is 4. The molecule has 0 heterocycles. The van der Waals surface area contributed by atoms with Gasteiger partial charge >= 0.3 is 12.0 Å². The lowest BCUT2D eigenvalue weighted by Gasteiger charge is -2.25. The summed E-state index contributed by atoms with van der Waals surface area (Å²) in [5, 5.41) is 11.5. The average Bonchev–Trinajstić information content (AvgIpc) is 2.30. The summed E-state index contributed by atoms with van der Waals surface area (Å²) in [5.74, 6) is -1.04. The van der Waals surface area contributed by atoms with Gasteiger partial charge in [0.05, 0.1) is 5.69 Å². The monoisotopic (exact) mass is 328 g/mol. The number of nitrogens with zero attached hydrogens (tertiary/aromatic N) is 1. The van der Waals surface area contributed by atoms with Crippen LogP contribution < -0.4 is 5.32 Å². The Balaban J connectivity index is 2.87. The molecular weight excluding hydrogens is 312 g/mol. The van der Waals surface area contributed by atoms with Gasteiger partial charge in [0, 0.05) is 10.5 Å². The number of hydrogen-bond acceptors (Lipinski definition) is 2. The zero-order valence-electron chi connectivity index (χ0n) is 11.1.